The molecule has 9 atom stereocenters. The number of carboxylic acid groups (broad SMARTS) is 2. The summed E-state index contributed by atoms with van der Waals surface area (Å²) in [6.45, 7) is 9.58. The number of benzene rings is 2. The summed E-state index contributed by atoms with van der Waals surface area (Å²) in [5.74, 6) is -12.1. The van der Waals surface area contributed by atoms with Crippen LogP contribution in [0.4, 0.5) is 0 Å². The Balaban J connectivity index is 2.34. The van der Waals surface area contributed by atoms with E-state index >= 15 is 0 Å². The molecule has 0 saturated heterocycles. The molecule has 0 heterocycles. The zero-order chi connectivity index (χ0) is 58.1. The van der Waals surface area contributed by atoms with Gasteiger partial charge in [-0.1, -0.05) is 70.2 Å². The van der Waals surface area contributed by atoms with Crippen LogP contribution in [0.15, 0.2) is 54.6 Å². The van der Waals surface area contributed by atoms with Gasteiger partial charge in [0.25, 0.3) is 0 Å². The third-order valence-electron chi connectivity index (χ3n) is 11.7. The zero-order valence-electron chi connectivity index (χ0n) is 44.1. The third kappa shape index (κ3) is 24.8. The Labute approximate surface area is 445 Å². The Morgan fingerprint density at radius 2 is 0.779 bits per heavy atom. The molecule has 77 heavy (non-hydrogen) atoms. The summed E-state index contributed by atoms with van der Waals surface area (Å²) in [6, 6.07) is 1.17. The van der Waals surface area contributed by atoms with E-state index < -0.39 is 145 Å². The van der Waals surface area contributed by atoms with Crippen LogP contribution in [0, 0.1) is 11.8 Å². The van der Waals surface area contributed by atoms with Crippen molar-refractivity contribution in [2.45, 2.75) is 160 Å². The van der Waals surface area contributed by atoms with Crippen molar-refractivity contribution >= 4 is 71.0 Å². The number of aromatic hydroxyl groups is 1. The molecule has 0 saturated carbocycles. The number of nitrogens with two attached hydrogens (primary N) is 3. The predicted molar refractivity (Wildman–Crippen MR) is 277 cm³/mol. The summed E-state index contributed by atoms with van der Waals surface area (Å²) >= 11 is 0. The number of phenols is 1. The largest absolute Gasteiger partial charge is 0.508 e. The van der Waals surface area contributed by atoms with Crippen LogP contribution in [0.2, 0.25) is 0 Å². The van der Waals surface area contributed by atoms with Gasteiger partial charge in [0.15, 0.2) is 0 Å². The number of carbonyl (C=O) groups excluding carboxylic acids is 10. The molecule has 0 aliphatic rings. The van der Waals surface area contributed by atoms with Gasteiger partial charge in [-0.25, -0.2) is 4.79 Å². The molecule has 2 aromatic rings. The summed E-state index contributed by atoms with van der Waals surface area (Å²) in [5, 5.41) is 48.8. The second-order valence-corrected chi connectivity index (χ2v) is 19.5. The van der Waals surface area contributed by atoms with Crippen LogP contribution in [0.25, 0.3) is 0 Å². The molecule has 0 spiro atoms. The van der Waals surface area contributed by atoms with E-state index in [1.165, 1.54) is 38.1 Å². The van der Waals surface area contributed by atoms with Gasteiger partial charge in [-0.3, -0.25) is 52.7 Å². The number of amides is 10. The lowest BCUT2D eigenvalue weighted by Gasteiger charge is -2.27. The fraction of sp³-hybridized carbons (Fsp3) is 0.529. The van der Waals surface area contributed by atoms with Crippen LogP contribution in [-0.4, -0.2) is 141 Å². The van der Waals surface area contributed by atoms with Crippen LogP contribution in [0.3, 0.4) is 0 Å². The lowest BCUT2D eigenvalue weighted by atomic mass is 10.00. The van der Waals surface area contributed by atoms with Crippen molar-refractivity contribution in [3.8, 4) is 5.75 Å². The molecule has 2 rings (SSSR count). The molecule has 0 aliphatic heterocycles. The lowest BCUT2D eigenvalue weighted by Crippen LogP contribution is -2.60. The summed E-state index contributed by atoms with van der Waals surface area (Å²) in [6.07, 6.45) is -2.69. The van der Waals surface area contributed by atoms with Crippen LogP contribution >= 0.6 is 0 Å². The Morgan fingerprint density at radius 3 is 1.21 bits per heavy atom. The minimum absolute atomic E-state index is 0.0117. The monoisotopic (exact) mass is 1080 g/mol. The van der Waals surface area contributed by atoms with Crippen LogP contribution < -0.4 is 59.7 Å². The fourth-order valence-electron chi connectivity index (χ4n) is 7.54. The third-order valence-corrected chi connectivity index (χ3v) is 11.7. The number of primary amides is 2. The molecule has 0 radical (unpaired) electrons. The minimum Gasteiger partial charge on any atom is -0.508 e. The second kappa shape index (κ2) is 32.3. The summed E-state index contributed by atoms with van der Waals surface area (Å²) < 4.78 is 0. The van der Waals surface area contributed by atoms with E-state index in [1.807, 2.05) is 13.8 Å². The molecular weight excluding hydrogens is 1010 g/mol. The van der Waals surface area contributed by atoms with Gasteiger partial charge in [0.1, 0.15) is 54.1 Å². The van der Waals surface area contributed by atoms with Gasteiger partial charge in [-0.2, -0.15) is 0 Å². The molecule has 17 N–H and O–H groups in total. The highest BCUT2D eigenvalue weighted by molar-refractivity contribution is 5.98. The normalized spacial score (nSPS) is 14.6. The number of phenolic OH excluding ortho intramolecular Hbond substituents is 1. The van der Waals surface area contributed by atoms with E-state index in [4.69, 9.17) is 17.2 Å². The zero-order valence-corrected chi connectivity index (χ0v) is 44.1. The van der Waals surface area contributed by atoms with Gasteiger partial charge in [0, 0.05) is 32.1 Å². The van der Waals surface area contributed by atoms with E-state index in [2.05, 4.69) is 42.5 Å². The number of aliphatic carboxylic acids is 2. The number of hydrogen-bond acceptors (Lipinski definition) is 14. The topological polar surface area (TPSA) is 440 Å². The maximum Gasteiger partial charge on any atom is 0.326 e. The Bertz CT molecular complexity index is 2390. The van der Waals surface area contributed by atoms with Gasteiger partial charge in [-0.15, -0.1) is 0 Å². The average molecular weight is 1080 g/mol. The second-order valence-electron chi connectivity index (χ2n) is 19.5. The molecule has 10 amide bonds. The number of nitrogens with one attached hydrogen (secondary N) is 8. The first-order valence-corrected chi connectivity index (χ1v) is 25.1. The van der Waals surface area contributed by atoms with Gasteiger partial charge < -0.3 is 75.1 Å². The van der Waals surface area contributed by atoms with Crippen LogP contribution in [0.5, 0.6) is 5.75 Å². The van der Waals surface area contributed by atoms with E-state index in [9.17, 15) is 72.9 Å². The quantitative estimate of drug-likeness (QED) is 0.0360. The first-order valence-electron chi connectivity index (χ1n) is 25.1. The highest BCUT2D eigenvalue weighted by Gasteiger charge is 2.35. The summed E-state index contributed by atoms with van der Waals surface area (Å²) in [7, 11) is 0. The van der Waals surface area contributed by atoms with E-state index in [0.717, 1.165) is 0 Å². The molecule has 0 fully saturated rings. The molecule has 424 valence electrons. The van der Waals surface area contributed by atoms with E-state index in [0.29, 0.717) is 11.1 Å². The molecule has 0 bridgehead atoms. The maximum atomic E-state index is 14.3. The predicted octanol–water partition coefficient (Wildman–Crippen LogP) is -2.00. The Morgan fingerprint density at radius 1 is 0.429 bits per heavy atom. The number of hydrogen-bond donors (Lipinski definition) is 14. The van der Waals surface area contributed by atoms with Gasteiger partial charge in [0.2, 0.25) is 59.1 Å². The SMILES string of the molecule is CC(C)C[C@H](NC(=O)[C@H](Cc1ccc(O)cc1)NC(=O)[C@H](Cc1ccccc1)NC(=O)[C@H](CCC(=O)O)NC(=O)[C@H](C)NC(=O)[C@H](C)NC(=O)[C@H](CCC(N)=O)NC(=O)[C@H](CCC(N)=O)NC(=O)[C@@H](N)CC(C)C)C(=O)O. The summed E-state index contributed by atoms with van der Waals surface area (Å²) in [5.41, 5.74) is 17.5. The number of carboxylic acids is 2. The number of rotatable bonds is 34. The molecule has 0 unspecified atom stereocenters. The average Bonchev–Trinajstić information content (AvgIpc) is 3.34. The van der Waals surface area contributed by atoms with Crippen molar-refractivity contribution in [3.05, 3.63) is 65.7 Å². The molecule has 0 aliphatic carbocycles. The molecule has 26 heteroatoms. The van der Waals surface area contributed by atoms with Crippen molar-refractivity contribution < 1.29 is 72.9 Å². The highest BCUT2D eigenvalue weighted by atomic mass is 16.4. The van der Waals surface area contributed by atoms with Crippen molar-refractivity contribution in [1.29, 1.82) is 0 Å². The van der Waals surface area contributed by atoms with Crippen LogP contribution in [0.1, 0.15) is 104 Å². The molecule has 0 aromatic heterocycles. The van der Waals surface area contributed by atoms with E-state index in [-0.39, 0.29) is 62.5 Å². The van der Waals surface area contributed by atoms with Crippen molar-refractivity contribution in [2.24, 2.45) is 29.0 Å². The standard InChI is InChI=1S/C51H75N11O15/c1-26(2)22-33(52)45(70)58-35(17-20-41(54)65)47(72)59-34(16-19-40(53)64)46(71)56-28(5)43(68)55-29(6)44(69)57-36(18-21-42(66)67)48(73)60-37(24-30-10-8-7-9-11-30)49(74)61-38(25-31-12-14-32(63)15-13-31)50(75)62-39(51(76)77)23-27(3)4/h7-15,26-29,33-39,63H,16-25,52H2,1-6H3,(H2,53,64)(H2,54,65)(H,55,68)(H,56,71)(H,57,69)(H,58,70)(H,59,72)(H,60,73)(H,61,74)(H,62,75)(H,66,67)(H,76,77)/t28-,29-,33-,34-,35-,36-,37-,38-,39-/m0/s1. The fourth-order valence-corrected chi connectivity index (χ4v) is 7.54. The number of carbonyl (C=O) groups is 12. The summed E-state index contributed by atoms with van der Waals surface area (Å²) in [4.78, 5) is 156. The van der Waals surface area contributed by atoms with Crippen molar-refractivity contribution in [1.82, 2.24) is 42.5 Å². The van der Waals surface area contributed by atoms with Crippen molar-refractivity contribution in [2.75, 3.05) is 0 Å². The first kappa shape index (κ1) is 65.0. The Kier molecular flexibility index (Phi) is 27.3. The van der Waals surface area contributed by atoms with Gasteiger partial charge in [-0.05, 0) is 81.0 Å². The first-order chi connectivity index (χ1) is 36.1. The minimum atomic E-state index is -1.65. The van der Waals surface area contributed by atoms with Crippen molar-refractivity contribution in [3.63, 3.8) is 0 Å². The van der Waals surface area contributed by atoms with Gasteiger partial charge in [0.05, 0.1) is 6.04 Å². The molecule has 2 aromatic carbocycles. The Hall–Kier alpha value is -8.16. The van der Waals surface area contributed by atoms with Gasteiger partial charge >= 0.3 is 11.9 Å². The smallest absolute Gasteiger partial charge is 0.326 e. The molecular formula is C51H75N11O15. The lowest BCUT2D eigenvalue weighted by molar-refractivity contribution is -0.143. The molecule has 26 nitrogen and oxygen atoms in total. The van der Waals surface area contributed by atoms with Crippen LogP contribution in [-0.2, 0) is 70.4 Å². The van der Waals surface area contributed by atoms with E-state index in [1.54, 1.807) is 44.2 Å². The maximum absolute atomic E-state index is 14.3. The highest BCUT2D eigenvalue weighted by Crippen LogP contribution is 2.14.